The Hall–Kier alpha value is -2.21. The first-order chi connectivity index (χ1) is 13.0. The number of hydrogen-bond acceptors (Lipinski definition) is 4. The summed E-state index contributed by atoms with van der Waals surface area (Å²) >= 11 is 0. The van der Waals surface area contributed by atoms with E-state index >= 15 is 0 Å². The van der Waals surface area contributed by atoms with Crippen LogP contribution in [0.25, 0.3) is 0 Å². The average molecular weight is 371 g/mol. The monoisotopic (exact) mass is 371 g/mol. The Morgan fingerprint density at radius 3 is 2.22 bits per heavy atom. The molecule has 6 nitrogen and oxygen atoms in total. The van der Waals surface area contributed by atoms with Gasteiger partial charge in [-0.05, 0) is 70.0 Å². The highest BCUT2D eigenvalue weighted by Gasteiger charge is 2.29. The number of anilines is 1. The zero-order valence-electron chi connectivity index (χ0n) is 16.1. The molecule has 146 valence electrons. The molecule has 0 aliphatic carbocycles. The Labute approximate surface area is 160 Å². The van der Waals surface area contributed by atoms with Crippen molar-refractivity contribution in [1.82, 2.24) is 9.80 Å². The second-order valence-corrected chi connectivity index (χ2v) is 7.58. The van der Waals surface area contributed by atoms with E-state index in [1.54, 1.807) is 24.3 Å². The first kappa shape index (κ1) is 19.5. The average Bonchev–Trinajstić information content (AvgIpc) is 3.21. The standard InChI is InChI=1S/C21H29N3O3/c1-16(25)17-4-6-19(7-5-17)22-20(26)10-15-23-13-8-18(9-14-23)21(27)24-11-2-3-12-24/h4-7,18H,2-3,8-15H2,1H3,(H,22,26). The number of benzene rings is 1. The molecule has 0 spiro atoms. The van der Waals surface area contributed by atoms with Gasteiger partial charge in [0.15, 0.2) is 5.78 Å². The van der Waals surface area contributed by atoms with Gasteiger partial charge in [0, 0.05) is 43.2 Å². The molecule has 2 fully saturated rings. The van der Waals surface area contributed by atoms with Crippen molar-refractivity contribution < 1.29 is 14.4 Å². The van der Waals surface area contributed by atoms with Gasteiger partial charge in [0.2, 0.25) is 11.8 Å². The van der Waals surface area contributed by atoms with Gasteiger partial charge < -0.3 is 15.1 Å². The van der Waals surface area contributed by atoms with E-state index in [-0.39, 0.29) is 17.6 Å². The minimum Gasteiger partial charge on any atom is -0.342 e. The first-order valence-electron chi connectivity index (χ1n) is 9.95. The van der Waals surface area contributed by atoms with Gasteiger partial charge in [-0.1, -0.05) is 0 Å². The lowest BCUT2D eigenvalue weighted by Gasteiger charge is -2.33. The molecule has 0 unspecified atom stereocenters. The van der Waals surface area contributed by atoms with Crippen LogP contribution >= 0.6 is 0 Å². The number of hydrogen-bond donors (Lipinski definition) is 1. The van der Waals surface area contributed by atoms with Gasteiger partial charge in [0.25, 0.3) is 0 Å². The minimum absolute atomic E-state index is 0.0134. The maximum absolute atomic E-state index is 12.5. The summed E-state index contributed by atoms with van der Waals surface area (Å²) in [6, 6.07) is 6.95. The van der Waals surface area contributed by atoms with Gasteiger partial charge in [-0.15, -0.1) is 0 Å². The second-order valence-electron chi connectivity index (χ2n) is 7.58. The number of likely N-dealkylation sites (tertiary alicyclic amines) is 2. The highest BCUT2D eigenvalue weighted by molar-refractivity contribution is 5.95. The lowest BCUT2D eigenvalue weighted by Crippen LogP contribution is -2.42. The quantitative estimate of drug-likeness (QED) is 0.780. The van der Waals surface area contributed by atoms with E-state index in [9.17, 15) is 14.4 Å². The highest BCUT2D eigenvalue weighted by atomic mass is 16.2. The van der Waals surface area contributed by atoms with Crippen LogP contribution in [0.1, 0.15) is 49.4 Å². The number of Topliss-reactive ketones (excluding diaryl/α,β-unsaturated/α-hetero) is 1. The Kier molecular flexibility index (Phi) is 6.61. The summed E-state index contributed by atoms with van der Waals surface area (Å²) in [5.41, 5.74) is 1.35. The van der Waals surface area contributed by atoms with Crippen molar-refractivity contribution in [2.75, 3.05) is 38.0 Å². The molecule has 2 amide bonds. The first-order valence-corrected chi connectivity index (χ1v) is 9.95. The van der Waals surface area contributed by atoms with Gasteiger partial charge in [-0.3, -0.25) is 14.4 Å². The predicted molar refractivity (Wildman–Crippen MR) is 105 cm³/mol. The molecule has 0 bridgehead atoms. The highest BCUT2D eigenvalue weighted by Crippen LogP contribution is 2.22. The van der Waals surface area contributed by atoms with Crippen LogP contribution in [0, 0.1) is 5.92 Å². The molecule has 0 saturated carbocycles. The molecule has 1 aromatic rings. The van der Waals surface area contributed by atoms with Crippen LogP contribution in [-0.4, -0.2) is 60.1 Å². The number of carbonyl (C=O) groups is 3. The van der Waals surface area contributed by atoms with Crippen LogP contribution in [0.3, 0.4) is 0 Å². The van der Waals surface area contributed by atoms with Gasteiger partial charge in [0.1, 0.15) is 0 Å². The fourth-order valence-corrected chi connectivity index (χ4v) is 3.87. The molecule has 0 atom stereocenters. The van der Waals surface area contributed by atoms with Crippen LogP contribution in [0.5, 0.6) is 0 Å². The van der Waals surface area contributed by atoms with E-state index < -0.39 is 0 Å². The Balaban J connectivity index is 1.37. The second kappa shape index (κ2) is 9.13. The van der Waals surface area contributed by atoms with E-state index in [1.807, 2.05) is 4.90 Å². The molecule has 27 heavy (non-hydrogen) atoms. The van der Waals surface area contributed by atoms with Crippen LogP contribution in [0.2, 0.25) is 0 Å². The fraction of sp³-hybridized carbons (Fsp3) is 0.571. The van der Waals surface area contributed by atoms with Crippen molar-refractivity contribution in [2.24, 2.45) is 5.92 Å². The predicted octanol–water partition coefficient (Wildman–Crippen LogP) is 2.55. The fourth-order valence-electron chi connectivity index (χ4n) is 3.87. The number of nitrogens with zero attached hydrogens (tertiary/aromatic N) is 2. The maximum atomic E-state index is 12.5. The molecule has 1 aromatic carbocycles. The van der Waals surface area contributed by atoms with E-state index in [4.69, 9.17) is 0 Å². The SMILES string of the molecule is CC(=O)c1ccc(NC(=O)CCN2CCC(C(=O)N3CCCC3)CC2)cc1. The van der Waals surface area contributed by atoms with Crippen molar-refractivity contribution >= 4 is 23.3 Å². The molecule has 0 aromatic heterocycles. The zero-order chi connectivity index (χ0) is 19.2. The van der Waals surface area contributed by atoms with Crippen LogP contribution in [0.15, 0.2) is 24.3 Å². The van der Waals surface area contributed by atoms with Crippen LogP contribution in [-0.2, 0) is 9.59 Å². The van der Waals surface area contributed by atoms with Gasteiger partial charge >= 0.3 is 0 Å². The van der Waals surface area contributed by atoms with Crippen molar-refractivity contribution in [2.45, 2.75) is 39.0 Å². The third kappa shape index (κ3) is 5.39. The molecular weight excluding hydrogens is 342 g/mol. The summed E-state index contributed by atoms with van der Waals surface area (Å²) in [5, 5.41) is 2.87. The third-order valence-electron chi connectivity index (χ3n) is 5.58. The number of nitrogens with one attached hydrogen (secondary N) is 1. The number of ketones is 1. The topological polar surface area (TPSA) is 69.7 Å². The summed E-state index contributed by atoms with van der Waals surface area (Å²) < 4.78 is 0. The number of piperidine rings is 1. The van der Waals surface area contributed by atoms with Gasteiger partial charge in [-0.2, -0.15) is 0 Å². The molecule has 2 aliphatic heterocycles. The Morgan fingerprint density at radius 2 is 1.63 bits per heavy atom. The minimum atomic E-state index is -0.0270. The van der Waals surface area contributed by atoms with Crippen LogP contribution < -0.4 is 5.32 Å². The summed E-state index contributed by atoms with van der Waals surface area (Å²) in [6.07, 6.45) is 4.49. The van der Waals surface area contributed by atoms with E-state index in [2.05, 4.69) is 10.2 Å². The largest absolute Gasteiger partial charge is 0.342 e. The van der Waals surface area contributed by atoms with Gasteiger partial charge in [-0.25, -0.2) is 0 Å². The Bertz CT molecular complexity index is 672. The zero-order valence-corrected chi connectivity index (χ0v) is 16.1. The van der Waals surface area contributed by atoms with Crippen molar-refractivity contribution in [3.05, 3.63) is 29.8 Å². The molecule has 2 aliphatic rings. The molecular formula is C21H29N3O3. The molecule has 2 saturated heterocycles. The molecule has 2 heterocycles. The number of carbonyl (C=O) groups excluding carboxylic acids is 3. The molecule has 0 radical (unpaired) electrons. The van der Waals surface area contributed by atoms with Crippen molar-refractivity contribution in [3.8, 4) is 0 Å². The number of rotatable bonds is 6. The van der Waals surface area contributed by atoms with E-state index in [0.717, 1.165) is 51.9 Å². The number of amides is 2. The van der Waals surface area contributed by atoms with Crippen molar-refractivity contribution in [1.29, 1.82) is 0 Å². The lowest BCUT2D eigenvalue weighted by atomic mass is 9.95. The molecule has 1 N–H and O–H groups in total. The van der Waals surface area contributed by atoms with Gasteiger partial charge in [0.05, 0.1) is 0 Å². The summed E-state index contributed by atoms with van der Waals surface area (Å²) in [4.78, 5) is 40.2. The van der Waals surface area contributed by atoms with Crippen LogP contribution in [0.4, 0.5) is 5.69 Å². The van der Waals surface area contributed by atoms with E-state index in [0.29, 0.717) is 30.1 Å². The summed E-state index contributed by atoms with van der Waals surface area (Å²) in [5.74, 6) is 0.479. The van der Waals surface area contributed by atoms with E-state index in [1.165, 1.54) is 6.92 Å². The Morgan fingerprint density at radius 1 is 1.00 bits per heavy atom. The molecule has 6 heteroatoms. The maximum Gasteiger partial charge on any atom is 0.225 e. The van der Waals surface area contributed by atoms with Crippen molar-refractivity contribution in [3.63, 3.8) is 0 Å². The molecule has 3 rings (SSSR count). The summed E-state index contributed by atoms with van der Waals surface area (Å²) in [7, 11) is 0. The smallest absolute Gasteiger partial charge is 0.225 e. The normalized spacial score (nSPS) is 18.5. The summed E-state index contributed by atoms with van der Waals surface area (Å²) in [6.45, 7) is 5.84. The lowest BCUT2D eigenvalue weighted by molar-refractivity contribution is -0.136. The third-order valence-corrected chi connectivity index (χ3v) is 5.58.